The van der Waals surface area contributed by atoms with Gasteiger partial charge in [0.1, 0.15) is 6.61 Å². The van der Waals surface area contributed by atoms with E-state index in [1.807, 2.05) is 7.05 Å². The summed E-state index contributed by atoms with van der Waals surface area (Å²) in [5.74, 6) is 0.0443. The van der Waals surface area contributed by atoms with E-state index in [-0.39, 0.29) is 17.4 Å². The van der Waals surface area contributed by atoms with Crippen LogP contribution in [0, 0.1) is 5.82 Å². The smallest absolute Gasteiger partial charge is 0.183 e. The summed E-state index contributed by atoms with van der Waals surface area (Å²) in [5.41, 5.74) is 0.766. The zero-order valence-corrected chi connectivity index (χ0v) is 10.5. The summed E-state index contributed by atoms with van der Waals surface area (Å²) >= 11 is 5.64. The van der Waals surface area contributed by atoms with Crippen LogP contribution in [0.15, 0.2) is 28.8 Å². The Hall–Kier alpha value is -1.59. The van der Waals surface area contributed by atoms with Crippen molar-refractivity contribution >= 4 is 11.6 Å². The normalized spacial score (nSPS) is 10.6. The lowest BCUT2D eigenvalue weighted by Gasteiger charge is -2.05. The number of nitrogens with zero attached hydrogens (tertiary/aromatic N) is 1. The first-order chi connectivity index (χ1) is 8.70. The number of aromatic nitrogens is 1. The van der Waals surface area contributed by atoms with Gasteiger partial charge in [-0.25, -0.2) is 4.39 Å². The van der Waals surface area contributed by atoms with Gasteiger partial charge >= 0.3 is 0 Å². The number of hydrogen-bond acceptors (Lipinski definition) is 4. The minimum Gasteiger partial charge on any atom is -0.482 e. The van der Waals surface area contributed by atoms with Gasteiger partial charge < -0.3 is 14.6 Å². The molecule has 0 saturated carbocycles. The van der Waals surface area contributed by atoms with E-state index in [1.54, 1.807) is 12.1 Å². The van der Waals surface area contributed by atoms with Gasteiger partial charge in [-0.1, -0.05) is 22.8 Å². The van der Waals surface area contributed by atoms with Crippen LogP contribution >= 0.6 is 11.6 Å². The molecule has 0 bridgehead atoms. The van der Waals surface area contributed by atoms with Crippen LogP contribution in [0.2, 0.25) is 5.02 Å². The fourth-order valence-corrected chi connectivity index (χ4v) is 1.60. The fraction of sp³-hybridized carbons (Fsp3) is 0.250. The standard InChI is InChI=1S/C12H12ClFN2O2/c1-15-6-8-5-9(18-16-8)7-17-11-4-2-3-10(13)12(11)14/h2-5,15H,6-7H2,1H3. The molecule has 0 unspecified atom stereocenters. The second-order valence-electron chi connectivity index (χ2n) is 3.66. The summed E-state index contributed by atoms with van der Waals surface area (Å²) in [6, 6.07) is 6.34. The van der Waals surface area contributed by atoms with Gasteiger partial charge in [-0.05, 0) is 19.2 Å². The molecule has 0 aliphatic carbocycles. The van der Waals surface area contributed by atoms with Crippen molar-refractivity contribution in [3.8, 4) is 5.75 Å². The molecule has 1 N–H and O–H groups in total. The third-order valence-corrected chi connectivity index (χ3v) is 2.54. The molecule has 1 heterocycles. The fourth-order valence-electron chi connectivity index (χ4n) is 1.43. The molecule has 0 amide bonds. The molecule has 2 aromatic rings. The van der Waals surface area contributed by atoms with Crippen molar-refractivity contribution in [2.45, 2.75) is 13.2 Å². The molecule has 96 valence electrons. The van der Waals surface area contributed by atoms with Gasteiger partial charge in [-0.2, -0.15) is 0 Å². The number of benzene rings is 1. The maximum atomic E-state index is 13.5. The Morgan fingerprint density at radius 3 is 3.11 bits per heavy atom. The number of nitrogens with one attached hydrogen (secondary N) is 1. The van der Waals surface area contributed by atoms with Crippen LogP contribution in [0.3, 0.4) is 0 Å². The SMILES string of the molecule is CNCc1cc(COc2cccc(Cl)c2F)on1. The number of ether oxygens (including phenoxy) is 1. The monoisotopic (exact) mass is 270 g/mol. The molecular weight excluding hydrogens is 259 g/mol. The van der Waals surface area contributed by atoms with Gasteiger partial charge in [0.2, 0.25) is 0 Å². The van der Waals surface area contributed by atoms with E-state index in [2.05, 4.69) is 10.5 Å². The highest BCUT2D eigenvalue weighted by Gasteiger charge is 2.09. The van der Waals surface area contributed by atoms with Gasteiger partial charge in [0.05, 0.1) is 10.7 Å². The summed E-state index contributed by atoms with van der Waals surface area (Å²) < 4.78 is 23.8. The first-order valence-corrected chi connectivity index (χ1v) is 5.74. The summed E-state index contributed by atoms with van der Waals surface area (Å²) in [6.45, 7) is 0.711. The quantitative estimate of drug-likeness (QED) is 0.908. The summed E-state index contributed by atoms with van der Waals surface area (Å²) in [7, 11) is 1.81. The maximum Gasteiger partial charge on any atom is 0.183 e. The van der Waals surface area contributed by atoms with Gasteiger partial charge in [-0.15, -0.1) is 0 Å². The molecule has 0 fully saturated rings. The molecule has 6 heteroatoms. The molecule has 0 aliphatic rings. The van der Waals surface area contributed by atoms with Gasteiger partial charge in [0.15, 0.2) is 17.3 Å². The van der Waals surface area contributed by atoms with Crippen LogP contribution in [0.4, 0.5) is 4.39 Å². The van der Waals surface area contributed by atoms with Crippen molar-refractivity contribution in [1.82, 2.24) is 10.5 Å². The van der Waals surface area contributed by atoms with E-state index >= 15 is 0 Å². The highest BCUT2D eigenvalue weighted by molar-refractivity contribution is 6.30. The predicted octanol–water partition coefficient (Wildman–Crippen LogP) is 2.77. The van der Waals surface area contributed by atoms with Crippen LogP contribution in [-0.4, -0.2) is 12.2 Å². The van der Waals surface area contributed by atoms with Crippen LogP contribution in [0.1, 0.15) is 11.5 Å². The molecule has 1 aromatic carbocycles. The van der Waals surface area contributed by atoms with E-state index in [0.717, 1.165) is 5.69 Å². The highest BCUT2D eigenvalue weighted by Crippen LogP contribution is 2.24. The Morgan fingerprint density at radius 1 is 1.50 bits per heavy atom. The lowest BCUT2D eigenvalue weighted by Crippen LogP contribution is -2.04. The zero-order valence-electron chi connectivity index (χ0n) is 9.74. The Morgan fingerprint density at radius 2 is 2.33 bits per heavy atom. The Kier molecular flexibility index (Phi) is 4.17. The van der Waals surface area contributed by atoms with Gasteiger partial charge in [0, 0.05) is 12.6 Å². The average Bonchev–Trinajstić information content (AvgIpc) is 2.79. The minimum atomic E-state index is -0.575. The summed E-state index contributed by atoms with van der Waals surface area (Å²) in [4.78, 5) is 0. The van der Waals surface area contributed by atoms with E-state index < -0.39 is 5.82 Å². The molecule has 0 atom stereocenters. The van der Waals surface area contributed by atoms with Gasteiger partial charge in [-0.3, -0.25) is 0 Å². The minimum absolute atomic E-state index is 0.0286. The lowest BCUT2D eigenvalue weighted by molar-refractivity contribution is 0.239. The van der Waals surface area contributed by atoms with Crippen LogP contribution < -0.4 is 10.1 Å². The van der Waals surface area contributed by atoms with E-state index in [9.17, 15) is 4.39 Å². The average molecular weight is 271 g/mol. The third kappa shape index (κ3) is 3.00. The van der Waals surface area contributed by atoms with E-state index in [1.165, 1.54) is 12.1 Å². The van der Waals surface area contributed by atoms with Crippen molar-refractivity contribution in [2.75, 3.05) is 7.05 Å². The van der Waals surface area contributed by atoms with E-state index in [0.29, 0.717) is 12.3 Å². The Balaban J connectivity index is 2.00. The molecule has 1 aromatic heterocycles. The van der Waals surface area contributed by atoms with Crippen molar-refractivity contribution in [1.29, 1.82) is 0 Å². The van der Waals surface area contributed by atoms with Crippen molar-refractivity contribution in [3.63, 3.8) is 0 Å². The topological polar surface area (TPSA) is 47.3 Å². The van der Waals surface area contributed by atoms with E-state index in [4.69, 9.17) is 20.9 Å². The molecule has 2 rings (SSSR count). The molecule has 4 nitrogen and oxygen atoms in total. The molecule has 0 aliphatic heterocycles. The summed E-state index contributed by atoms with van der Waals surface area (Å²) in [5, 5.41) is 6.80. The zero-order chi connectivity index (χ0) is 13.0. The molecular formula is C12H12ClFN2O2. The van der Waals surface area contributed by atoms with Crippen molar-refractivity contribution < 1.29 is 13.7 Å². The Bertz CT molecular complexity index is 531. The van der Waals surface area contributed by atoms with Crippen LogP contribution in [0.25, 0.3) is 0 Å². The highest BCUT2D eigenvalue weighted by atomic mass is 35.5. The van der Waals surface area contributed by atoms with Crippen LogP contribution in [-0.2, 0) is 13.2 Å². The Labute approximate surface area is 109 Å². The predicted molar refractivity (Wildman–Crippen MR) is 65.0 cm³/mol. The molecule has 0 saturated heterocycles. The van der Waals surface area contributed by atoms with Crippen LogP contribution in [0.5, 0.6) is 5.75 Å². The number of hydrogen-bond donors (Lipinski definition) is 1. The number of halogens is 2. The second kappa shape index (κ2) is 5.84. The molecule has 18 heavy (non-hydrogen) atoms. The third-order valence-electron chi connectivity index (χ3n) is 2.25. The lowest BCUT2D eigenvalue weighted by atomic mass is 10.3. The molecule has 0 radical (unpaired) electrons. The van der Waals surface area contributed by atoms with Gasteiger partial charge in [0.25, 0.3) is 0 Å². The number of rotatable bonds is 5. The maximum absolute atomic E-state index is 13.5. The first kappa shape index (κ1) is 12.9. The largest absolute Gasteiger partial charge is 0.482 e. The second-order valence-corrected chi connectivity index (χ2v) is 4.06. The first-order valence-electron chi connectivity index (χ1n) is 5.36. The molecule has 0 spiro atoms. The van der Waals surface area contributed by atoms with Crippen molar-refractivity contribution in [3.05, 3.63) is 46.6 Å². The van der Waals surface area contributed by atoms with Crippen molar-refractivity contribution in [2.24, 2.45) is 0 Å². The summed E-state index contributed by atoms with van der Waals surface area (Å²) in [6.07, 6.45) is 0.